The van der Waals surface area contributed by atoms with Gasteiger partial charge in [0.2, 0.25) is 0 Å². The molecule has 1 N–H and O–H groups in total. The van der Waals surface area contributed by atoms with Gasteiger partial charge in [0, 0.05) is 0 Å². The fourth-order valence-electron chi connectivity index (χ4n) is 1.14. The maximum atomic E-state index is 13.0. The summed E-state index contributed by atoms with van der Waals surface area (Å²) in [7, 11) is -4.84. The molecule has 1 aromatic carbocycles. The number of hydrogen-bond acceptors (Lipinski definition) is 4. The fourth-order valence-corrected chi connectivity index (χ4v) is 1.75. The minimum absolute atomic E-state index is 0.0696. The summed E-state index contributed by atoms with van der Waals surface area (Å²) in [6, 6.07) is 7.40. The highest BCUT2D eigenvalue weighted by Gasteiger charge is 2.36. The van der Waals surface area contributed by atoms with Gasteiger partial charge in [-0.15, -0.1) is 0 Å². The summed E-state index contributed by atoms with van der Waals surface area (Å²) < 4.78 is 59.1. The standard InChI is InChI=1S/C10H10F2O5S/c11-10(12,7-18(14,15)16)6-17-9(13)8-4-2-1-3-5-8/h1-5H,6-7H2,(H,14,15,16). The van der Waals surface area contributed by atoms with Crippen molar-refractivity contribution < 1.29 is 31.3 Å². The van der Waals surface area contributed by atoms with Gasteiger partial charge in [-0.1, -0.05) is 18.2 Å². The zero-order chi connectivity index (χ0) is 13.8. The molecule has 1 aromatic rings. The lowest BCUT2D eigenvalue weighted by Gasteiger charge is -2.14. The van der Waals surface area contributed by atoms with E-state index in [1.165, 1.54) is 24.3 Å². The number of alkyl halides is 2. The van der Waals surface area contributed by atoms with Crippen molar-refractivity contribution in [3.8, 4) is 0 Å². The molecule has 18 heavy (non-hydrogen) atoms. The molecule has 0 atom stereocenters. The SMILES string of the molecule is O=C(OCC(F)(F)CS(=O)(=O)O)c1ccccc1. The van der Waals surface area contributed by atoms with Crippen LogP contribution in [-0.2, 0) is 14.9 Å². The van der Waals surface area contributed by atoms with Crippen LogP contribution in [0, 0.1) is 0 Å². The molecule has 0 spiro atoms. The number of rotatable bonds is 5. The van der Waals surface area contributed by atoms with Crippen LogP contribution in [0.5, 0.6) is 0 Å². The minimum atomic E-state index is -4.84. The van der Waals surface area contributed by atoms with Crippen LogP contribution in [0.25, 0.3) is 0 Å². The second-order valence-electron chi connectivity index (χ2n) is 3.52. The molecule has 0 aliphatic rings. The maximum Gasteiger partial charge on any atom is 0.338 e. The lowest BCUT2D eigenvalue weighted by Crippen LogP contribution is -2.33. The molecule has 0 aliphatic carbocycles. The van der Waals surface area contributed by atoms with Gasteiger partial charge in [0.15, 0.2) is 6.61 Å². The third-order valence-corrected chi connectivity index (χ3v) is 2.60. The topological polar surface area (TPSA) is 80.7 Å². The average Bonchev–Trinajstić information content (AvgIpc) is 2.24. The molecule has 0 aromatic heterocycles. The van der Waals surface area contributed by atoms with E-state index < -0.39 is 34.4 Å². The van der Waals surface area contributed by atoms with E-state index in [0.29, 0.717) is 0 Å². The van der Waals surface area contributed by atoms with Crippen LogP contribution >= 0.6 is 0 Å². The van der Waals surface area contributed by atoms with Gasteiger partial charge in [-0.3, -0.25) is 4.55 Å². The summed E-state index contributed by atoms with van der Waals surface area (Å²) in [4.78, 5) is 11.3. The van der Waals surface area contributed by atoms with Gasteiger partial charge >= 0.3 is 5.97 Å². The first-order valence-electron chi connectivity index (χ1n) is 4.75. The second-order valence-corrected chi connectivity index (χ2v) is 4.98. The van der Waals surface area contributed by atoms with Gasteiger partial charge in [-0.2, -0.15) is 8.42 Å². The van der Waals surface area contributed by atoms with E-state index in [-0.39, 0.29) is 5.56 Å². The number of carbonyl (C=O) groups is 1. The molecule has 0 heterocycles. The molecule has 0 unspecified atom stereocenters. The summed E-state index contributed by atoms with van der Waals surface area (Å²) in [5.41, 5.74) is 0.0696. The number of ether oxygens (including phenoxy) is 1. The van der Waals surface area contributed by atoms with Crippen molar-refractivity contribution >= 4 is 16.1 Å². The van der Waals surface area contributed by atoms with Crippen molar-refractivity contribution in [2.24, 2.45) is 0 Å². The lowest BCUT2D eigenvalue weighted by atomic mass is 10.2. The van der Waals surface area contributed by atoms with E-state index in [1.807, 2.05) is 0 Å². The van der Waals surface area contributed by atoms with Gasteiger partial charge < -0.3 is 4.74 Å². The monoisotopic (exact) mass is 280 g/mol. The number of benzene rings is 1. The first-order valence-corrected chi connectivity index (χ1v) is 6.36. The van der Waals surface area contributed by atoms with Crippen LogP contribution < -0.4 is 0 Å². The highest BCUT2D eigenvalue weighted by Crippen LogP contribution is 2.17. The molecular weight excluding hydrogens is 270 g/mol. The normalized spacial score (nSPS) is 12.2. The Bertz CT molecular complexity index is 512. The van der Waals surface area contributed by atoms with Crippen molar-refractivity contribution in [2.45, 2.75) is 5.92 Å². The Morgan fingerprint density at radius 3 is 2.33 bits per heavy atom. The number of hydrogen-bond donors (Lipinski definition) is 1. The maximum absolute atomic E-state index is 13.0. The molecule has 5 nitrogen and oxygen atoms in total. The number of halogens is 2. The molecule has 8 heteroatoms. The van der Waals surface area contributed by atoms with E-state index in [4.69, 9.17) is 4.55 Å². The predicted octanol–water partition coefficient (Wildman–Crippen LogP) is 1.37. The first-order chi connectivity index (χ1) is 8.20. The molecule has 100 valence electrons. The largest absolute Gasteiger partial charge is 0.456 e. The van der Waals surface area contributed by atoms with Crippen molar-refractivity contribution in [3.05, 3.63) is 35.9 Å². The Labute approximate surface area is 102 Å². The highest BCUT2D eigenvalue weighted by atomic mass is 32.2. The molecule has 0 saturated heterocycles. The molecular formula is C10H10F2O5S. The average molecular weight is 280 g/mol. The van der Waals surface area contributed by atoms with Crippen molar-refractivity contribution in [2.75, 3.05) is 12.4 Å². The summed E-state index contributed by atoms with van der Waals surface area (Å²) in [5.74, 6) is -6.62. The molecule has 0 amide bonds. The zero-order valence-corrected chi connectivity index (χ0v) is 9.86. The summed E-state index contributed by atoms with van der Waals surface area (Å²) in [6.07, 6.45) is 0. The quantitative estimate of drug-likeness (QED) is 0.650. The third kappa shape index (κ3) is 5.19. The van der Waals surface area contributed by atoms with Crippen LogP contribution in [0.1, 0.15) is 10.4 Å². The summed E-state index contributed by atoms with van der Waals surface area (Å²) in [5, 5.41) is 0. The van der Waals surface area contributed by atoms with E-state index in [1.54, 1.807) is 6.07 Å². The van der Waals surface area contributed by atoms with Crippen molar-refractivity contribution in [1.82, 2.24) is 0 Å². The van der Waals surface area contributed by atoms with E-state index in [0.717, 1.165) is 0 Å². The number of carbonyl (C=O) groups excluding carboxylic acids is 1. The third-order valence-electron chi connectivity index (χ3n) is 1.82. The first kappa shape index (κ1) is 14.5. The van der Waals surface area contributed by atoms with Gasteiger partial charge in [0.05, 0.1) is 5.56 Å². The second kappa shape index (κ2) is 5.40. The van der Waals surface area contributed by atoms with E-state index in [9.17, 15) is 22.0 Å². The molecule has 0 bridgehead atoms. The Hall–Kier alpha value is -1.54. The van der Waals surface area contributed by atoms with Gasteiger partial charge in [-0.05, 0) is 12.1 Å². The van der Waals surface area contributed by atoms with Crippen LogP contribution in [0.2, 0.25) is 0 Å². The zero-order valence-electron chi connectivity index (χ0n) is 9.05. The lowest BCUT2D eigenvalue weighted by molar-refractivity contribution is -0.0449. The number of esters is 1. The Balaban J connectivity index is 2.58. The van der Waals surface area contributed by atoms with Crippen LogP contribution in [0.15, 0.2) is 30.3 Å². The van der Waals surface area contributed by atoms with Crippen LogP contribution in [0.4, 0.5) is 8.78 Å². The molecule has 0 fully saturated rings. The predicted molar refractivity (Wildman–Crippen MR) is 58.1 cm³/mol. The Morgan fingerprint density at radius 1 is 1.28 bits per heavy atom. The fraction of sp³-hybridized carbons (Fsp3) is 0.300. The Morgan fingerprint density at radius 2 is 1.83 bits per heavy atom. The van der Waals surface area contributed by atoms with Crippen LogP contribution in [0.3, 0.4) is 0 Å². The molecule has 0 aliphatic heterocycles. The smallest absolute Gasteiger partial charge is 0.338 e. The highest BCUT2D eigenvalue weighted by molar-refractivity contribution is 7.85. The van der Waals surface area contributed by atoms with Gasteiger partial charge in [-0.25, -0.2) is 13.6 Å². The molecule has 0 saturated carbocycles. The molecule has 0 radical (unpaired) electrons. The van der Waals surface area contributed by atoms with Crippen LogP contribution in [-0.4, -0.2) is 37.2 Å². The van der Waals surface area contributed by atoms with E-state index >= 15 is 0 Å². The van der Waals surface area contributed by atoms with Gasteiger partial charge in [0.25, 0.3) is 16.0 Å². The van der Waals surface area contributed by atoms with Crippen molar-refractivity contribution in [1.29, 1.82) is 0 Å². The summed E-state index contributed by atoms with van der Waals surface area (Å²) >= 11 is 0. The van der Waals surface area contributed by atoms with E-state index in [2.05, 4.69) is 4.74 Å². The summed E-state index contributed by atoms with van der Waals surface area (Å²) in [6.45, 7) is -1.42. The Kier molecular flexibility index (Phi) is 4.36. The minimum Gasteiger partial charge on any atom is -0.456 e. The van der Waals surface area contributed by atoms with Gasteiger partial charge in [0.1, 0.15) is 5.75 Å². The molecule has 1 rings (SSSR count). The van der Waals surface area contributed by atoms with Crippen molar-refractivity contribution in [3.63, 3.8) is 0 Å².